The number of nitrogens with zero attached hydrogens (tertiary/aromatic N) is 3. The molecule has 2 amide bonds. The summed E-state index contributed by atoms with van der Waals surface area (Å²) < 4.78 is 6.23. The number of fused-ring (bicyclic) bond motifs is 1. The van der Waals surface area contributed by atoms with Crippen LogP contribution in [-0.4, -0.2) is 71.9 Å². The fourth-order valence-electron chi connectivity index (χ4n) is 5.68. The number of aryl methyl sites for hydroxylation is 1. The summed E-state index contributed by atoms with van der Waals surface area (Å²) in [5, 5.41) is 0. The van der Waals surface area contributed by atoms with E-state index < -0.39 is 6.10 Å². The van der Waals surface area contributed by atoms with Crippen molar-refractivity contribution in [3.05, 3.63) is 113 Å². The van der Waals surface area contributed by atoms with Crippen LogP contribution in [0.2, 0.25) is 0 Å². The van der Waals surface area contributed by atoms with Gasteiger partial charge < -0.3 is 14.5 Å². The fourth-order valence-corrected chi connectivity index (χ4v) is 5.68. The largest absolute Gasteiger partial charge is 0.481 e. The maximum Gasteiger partial charge on any atom is 0.263 e. The van der Waals surface area contributed by atoms with Gasteiger partial charge >= 0.3 is 0 Å². The molecule has 2 heterocycles. The van der Waals surface area contributed by atoms with Gasteiger partial charge in [-0.15, -0.1) is 6.58 Å². The van der Waals surface area contributed by atoms with Gasteiger partial charge in [0, 0.05) is 44.8 Å². The third-order valence-electron chi connectivity index (χ3n) is 7.72. The molecule has 6 nitrogen and oxygen atoms in total. The first-order valence-electron chi connectivity index (χ1n) is 13.8. The topological polar surface area (TPSA) is 53.1 Å². The lowest BCUT2D eigenvalue weighted by atomic mass is 9.87. The van der Waals surface area contributed by atoms with Gasteiger partial charge in [0.05, 0.1) is 6.04 Å². The van der Waals surface area contributed by atoms with E-state index in [-0.39, 0.29) is 17.9 Å². The van der Waals surface area contributed by atoms with Crippen LogP contribution in [-0.2, 0) is 11.2 Å². The van der Waals surface area contributed by atoms with Gasteiger partial charge in [0.1, 0.15) is 5.75 Å². The van der Waals surface area contributed by atoms with E-state index in [4.69, 9.17) is 4.74 Å². The molecule has 3 aromatic rings. The molecule has 2 aliphatic rings. The zero-order chi connectivity index (χ0) is 27.4. The van der Waals surface area contributed by atoms with Crippen LogP contribution in [0.3, 0.4) is 0 Å². The highest BCUT2D eigenvalue weighted by atomic mass is 16.5. The zero-order valence-corrected chi connectivity index (χ0v) is 22.9. The molecule has 0 radical (unpaired) electrons. The van der Waals surface area contributed by atoms with Crippen molar-refractivity contribution in [2.24, 2.45) is 0 Å². The molecule has 3 aromatic carbocycles. The summed E-state index contributed by atoms with van der Waals surface area (Å²) in [6.07, 6.45) is 2.06. The van der Waals surface area contributed by atoms with E-state index in [1.807, 2.05) is 71.3 Å². The summed E-state index contributed by atoms with van der Waals surface area (Å²) in [6, 6.07) is 23.6. The van der Waals surface area contributed by atoms with Crippen molar-refractivity contribution >= 4 is 11.8 Å². The van der Waals surface area contributed by atoms with Crippen LogP contribution >= 0.6 is 0 Å². The monoisotopic (exact) mass is 523 g/mol. The summed E-state index contributed by atoms with van der Waals surface area (Å²) in [5.74, 6) is 0.659. The van der Waals surface area contributed by atoms with E-state index in [1.54, 1.807) is 0 Å². The van der Waals surface area contributed by atoms with Gasteiger partial charge in [-0.3, -0.25) is 14.5 Å². The molecule has 5 rings (SSSR count). The van der Waals surface area contributed by atoms with Crippen LogP contribution in [0.4, 0.5) is 0 Å². The molecule has 0 saturated carbocycles. The number of hydrogen-bond donors (Lipinski definition) is 0. The van der Waals surface area contributed by atoms with Gasteiger partial charge in [0.25, 0.3) is 11.8 Å². The van der Waals surface area contributed by atoms with Crippen molar-refractivity contribution in [3.8, 4) is 5.75 Å². The summed E-state index contributed by atoms with van der Waals surface area (Å²) in [7, 11) is 0. The first-order chi connectivity index (χ1) is 18.9. The summed E-state index contributed by atoms with van der Waals surface area (Å²) in [4.78, 5) is 33.0. The highest BCUT2D eigenvalue weighted by Gasteiger charge is 2.33. The van der Waals surface area contributed by atoms with Crippen LogP contribution in [0, 0.1) is 6.92 Å². The van der Waals surface area contributed by atoms with Crippen LogP contribution in [0.25, 0.3) is 0 Å². The zero-order valence-electron chi connectivity index (χ0n) is 22.9. The minimum absolute atomic E-state index is 0.00194. The normalized spacial score (nSPS) is 18.3. The number of rotatable bonds is 7. The molecule has 6 heteroatoms. The van der Waals surface area contributed by atoms with Crippen molar-refractivity contribution in [3.63, 3.8) is 0 Å². The first kappa shape index (κ1) is 26.7. The fraction of sp³-hybridized carbons (Fsp3) is 0.333. The second-order valence-electron chi connectivity index (χ2n) is 10.5. The predicted octanol–water partition coefficient (Wildman–Crippen LogP) is 4.88. The molecule has 0 N–H and O–H groups in total. The van der Waals surface area contributed by atoms with Crippen molar-refractivity contribution < 1.29 is 14.3 Å². The highest BCUT2D eigenvalue weighted by Crippen LogP contribution is 2.38. The highest BCUT2D eigenvalue weighted by molar-refractivity contribution is 5.95. The lowest BCUT2D eigenvalue weighted by Gasteiger charge is -2.38. The summed E-state index contributed by atoms with van der Waals surface area (Å²) in [6.45, 7) is 12.2. The molecular formula is C33H37N3O3. The number of carbonyl (C=O) groups is 2. The molecule has 0 unspecified atom stereocenters. The van der Waals surface area contributed by atoms with Crippen molar-refractivity contribution in [2.75, 3.05) is 39.3 Å². The van der Waals surface area contributed by atoms with Gasteiger partial charge in [0.2, 0.25) is 0 Å². The van der Waals surface area contributed by atoms with Crippen LogP contribution in [0.15, 0.2) is 85.5 Å². The second-order valence-corrected chi connectivity index (χ2v) is 10.5. The van der Waals surface area contributed by atoms with E-state index in [1.165, 1.54) is 5.56 Å². The van der Waals surface area contributed by atoms with Crippen LogP contribution in [0.5, 0.6) is 5.75 Å². The number of piperazine rings is 1. The van der Waals surface area contributed by atoms with E-state index in [0.29, 0.717) is 30.9 Å². The Morgan fingerprint density at radius 2 is 1.74 bits per heavy atom. The Labute approximate surface area is 231 Å². The van der Waals surface area contributed by atoms with Crippen molar-refractivity contribution in [2.45, 2.75) is 32.4 Å². The Bertz CT molecular complexity index is 1330. The smallest absolute Gasteiger partial charge is 0.263 e. The maximum atomic E-state index is 13.7. The first-order valence-corrected chi connectivity index (χ1v) is 13.8. The molecule has 2 aliphatic heterocycles. The molecule has 0 aromatic heterocycles. The number of carbonyl (C=O) groups excluding carboxylic acids is 2. The molecule has 2 atom stereocenters. The second kappa shape index (κ2) is 11.9. The number of benzene rings is 3. The number of ether oxygens (including phenoxy) is 1. The van der Waals surface area contributed by atoms with Crippen LogP contribution in [0.1, 0.15) is 45.6 Å². The Morgan fingerprint density at radius 3 is 2.46 bits per heavy atom. The Kier molecular flexibility index (Phi) is 8.13. The quantitative estimate of drug-likeness (QED) is 0.414. The molecule has 0 spiro atoms. The minimum atomic E-state index is -0.600. The number of hydrogen-bond acceptors (Lipinski definition) is 4. The van der Waals surface area contributed by atoms with E-state index in [0.717, 1.165) is 42.7 Å². The molecular weight excluding hydrogens is 486 g/mol. The van der Waals surface area contributed by atoms with Crippen molar-refractivity contribution in [1.29, 1.82) is 0 Å². The van der Waals surface area contributed by atoms with Gasteiger partial charge in [-0.1, -0.05) is 60.2 Å². The standard InChI is InChI=1S/C33H37N3O3/c1-4-16-34-18-20-35(21-19-34)32(37)25(3)39-29-14-13-26-15-17-36(33(38)27-10-6-5-7-11-27)31(30(26)23-29)28-12-8-9-24(2)22-28/h4-14,22-23,25,31H,1,15-21H2,2-3H3/t25-,31+/m0/s1. The van der Waals surface area contributed by atoms with Gasteiger partial charge in [-0.25, -0.2) is 0 Å². The average molecular weight is 524 g/mol. The Morgan fingerprint density at radius 1 is 0.974 bits per heavy atom. The lowest BCUT2D eigenvalue weighted by molar-refractivity contribution is -0.139. The molecule has 1 saturated heterocycles. The minimum Gasteiger partial charge on any atom is -0.481 e. The summed E-state index contributed by atoms with van der Waals surface area (Å²) >= 11 is 0. The van der Waals surface area contributed by atoms with Gasteiger partial charge in [0.15, 0.2) is 6.10 Å². The lowest BCUT2D eigenvalue weighted by Crippen LogP contribution is -2.51. The Balaban J connectivity index is 1.40. The predicted molar refractivity (Wildman–Crippen MR) is 154 cm³/mol. The van der Waals surface area contributed by atoms with E-state index >= 15 is 0 Å². The summed E-state index contributed by atoms with van der Waals surface area (Å²) in [5.41, 5.74) is 5.14. The van der Waals surface area contributed by atoms with Gasteiger partial charge in [-0.2, -0.15) is 0 Å². The number of amides is 2. The van der Waals surface area contributed by atoms with E-state index in [9.17, 15) is 9.59 Å². The molecule has 0 aliphatic carbocycles. The van der Waals surface area contributed by atoms with Crippen molar-refractivity contribution in [1.82, 2.24) is 14.7 Å². The third-order valence-corrected chi connectivity index (χ3v) is 7.72. The Hall–Kier alpha value is -3.90. The van der Waals surface area contributed by atoms with E-state index in [2.05, 4.69) is 42.7 Å². The van der Waals surface area contributed by atoms with Crippen LogP contribution < -0.4 is 4.74 Å². The molecule has 0 bridgehead atoms. The maximum absolute atomic E-state index is 13.7. The molecule has 202 valence electrons. The molecule has 1 fully saturated rings. The third kappa shape index (κ3) is 5.91. The van der Waals surface area contributed by atoms with Gasteiger partial charge in [-0.05, 0) is 61.2 Å². The average Bonchev–Trinajstić information content (AvgIpc) is 2.96. The molecule has 39 heavy (non-hydrogen) atoms. The SMILES string of the molecule is C=CCN1CCN(C(=O)[C@H](C)Oc2ccc3c(c2)[C@@H](c2cccc(C)c2)N(C(=O)c2ccccc2)CC3)CC1.